The van der Waals surface area contributed by atoms with Crippen molar-refractivity contribution in [1.82, 2.24) is 9.80 Å². The van der Waals surface area contributed by atoms with Crippen molar-refractivity contribution in [3.63, 3.8) is 0 Å². The van der Waals surface area contributed by atoms with Gasteiger partial charge >= 0.3 is 0 Å². The Labute approximate surface area is 159 Å². The maximum absolute atomic E-state index is 12.5. The molecule has 2 aliphatic heterocycles. The Kier molecular flexibility index (Phi) is 7.57. The van der Waals surface area contributed by atoms with Crippen molar-refractivity contribution in [3.05, 3.63) is 11.6 Å². The van der Waals surface area contributed by atoms with Crippen LogP contribution in [-0.4, -0.2) is 47.8 Å². The minimum atomic E-state index is 0.286. The lowest BCUT2D eigenvalue weighted by Gasteiger charge is -2.36. The Morgan fingerprint density at radius 2 is 1.46 bits per heavy atom. The first-order valence-electron chi connectivity index (χ1n) is 11.0. The number of amides is 2. The first-order chi connectivity index (χ1) is 12.7. The molecular formula is C22H36N2O2. The summed E-state index contributed by atoms with van der Waals surface area (Å²) < 4.78 is 0. The third kappa shape index (κ3) is 5.59. The molecular weight excluding hydrogens is 324 g/mol. The summed E-state index contributed by atoms with van der Waals surface area (Å²) in [6.07, 6.45) is 16.4. The number of carbonyl (C=O) groups is 2. The number of fused-ring (bicyclic) bond motifs is 1. The van der Waals surface area contributed by atoms with Gasteiger partial charge in [0.05, 0.1) is 0 Å². The molecule has 0 N–H and O–H groups in total. The molecule has 0 spiro atoms. The molecule has 0 aromatic heterocycles. The molecule has 0 radical (unpaired) electrons. The lowest BCUT2D eigenvalue weighted by molar-refractivity contribution is -0.133. The standard InChI is InChI=1S/C22H36N2O2/c25-21(23-15-8-2-1-3-9-16-23)12-6-7-13-22(26)24-17-14-19-10-4-5-11-20(19)18-24/h11,19H,1-10,12-18H2. The third-order valence-electron chi connectivity index (χ3n) is 6.40. The molecule has 2 fully saturated rings. The molecule has 0 aromatic carbocycles. The van der Waals surface area contributed by atoms with E-state index in [9.17, 15) is 9.59 Å². The van der Waals surface area contributed by atoms with Crippen molar-refractivity contribution >= 4 is 11.8 Å². The Bertz CT molecular complexity index is 506. The molecule has 146 valence electrons. The largest absolute Gasteiger partial charge is 0.343 e. The van der Waals surface area contributed by atoms with Crippen LogP contribution in [0.2, 0.25) is 0 Å². The molecule has 0 bridgehead atoms. The van der Waals surface area contributed by atoms with Crippen molar-refractivity contribution in [2.45, 2.75) is 83.5 Å². The molecule has 3 aliphatic rings. The van der Waals surface area contributed by atoms with E-state index in [-0.39, 0.29) is 5.91 Å². The molecule has 4 heteroatoms. The monoisotopic (exact) mass is 360 g/mol. The number of piperidine rings is 1. The average Bonchev–Trinajstić information content (AvgIpc) is 2.64. The molecule has 3 rings (SSSR count). The van der Waals surface area contributed by atoms with E-state index < -0.39 is 0 Å². The number of likely N-dealkylation sites (tertiary alicyclic amines) is 2. The summed E-state index contributed by atoms with van der Waals surface area (Å²) in [7, 11) is 0. The number of nitrogens with zero attached hydrogens (tertiary/aromatic N) is 2. The minimum absolute atomic E-state index is 0.286. The van der Waals surface area contributed by atoms with Crippen molar-refractivity contribution in [2.75, 3.05) is 26.2 Å². The van der Waals surface area contributed by atoms with Crippen LogP contribution < -0.4 is 0 Å². The highest BCUT2D eigenvalue weighted by molar-refractivity contribution is 5.77. The van der Waals surface area contributed by atoms with Crippen LogP contribution in [0, 0.1) is 5.92 Å². The van der Waals surface area contributed by atoms with E-state index in [1.165, 1.54) is 44.1 Å². The minimum Gasteiger partial charge on any atom is -0.343 e. The van der Waals surface area contributed by atoms with E-state index >= 15 is 0 Å². The fraction of sp³-hybridized carbons (Fsp3) is 0.818. The second-order valence-electron chi connectivity index (χ2n) is 8.37. The Balaban J connectivity index is 1.33. The highest BCUT2D eigenvalue weighted by Gasteiger charge is 2.27. The molecule has 4 nitrogen and oxygen atoms in total. The first-order valence-corrected chi connectivity index (χ1v) is 11.0. The van der Waals surface area contributed by atoms with Crippen molar-refractivity contribution in [1.29, 1.82) is 0 Å². The van der Waals surface area contributed by atoms with E-state index in [4.69, 9.17) is 0 Å². The van der Waals surface area contributed by atoms with Crippen LogP contribution in [-0.2, 0) is 9.59 Å². The van der Waals surface area contributed by atoms with Crippen LogP contribution >= 0.6 is 0 Å². The molecule has 2 saturated heterocycles. The van der Waals surface area contributed by atoms with Crippen LogP contribution in [0.5, 0.6) is 0 Å². The number of hydrogen-bond acceptors (Lipinski definition) is 2. The van der Waals surface area contributed by atoms with Gasteiger partial charge in [-0.2, -0.15) is 0 Å². The van der Waals surface area contributed by atoms with Gasteiger partial charge in [0.1, 0.15) is 0 Å². The topological polar surface area (TPSA) is 40.6 Å². The van der Waals surface area contributed by atoms with Gasteiger partial charge in [0.2, 0.25) is 11.8 Å². The van der Waals surface area contributed by atoms with E-state index in [0.717, 1.165) is 64.2 Å². The first kappa shape index (κ1) is 19.4. The number of allylic oxidation sites excluding steroid dienone is 1. The summed E-state index contributed by atoms with van der Waals surface area (Å²) in [5.74, 6) is 1.32. The summed E-state index contributed by atoms with van der Waals surface area (Å²) in [6, 6.07) is 0. The van der Waals surface area contributed by atoms with Gasteiger partial charge in [-0.15, -0.1) is 0 Å². The summed E-state index contributed by atoms with van der Waals surface area (Å²) in [4.78, 5) is 29.0. The van der Waals surface area contributed by atoms with Crippen LogP contribution in [0.15, 0.2) is 11.6 Å². The highest BCUT2D eigenvalue weighted by atomic mass is 16.2. The lowest BCUT2D eigenvalue weighted by atomic mass is 9.82. The second kappa shape index (κ2) is 10.1. The zero-order chi connectivity index (χ0) is 18.2. The normalized spacial score (nSPS) is 24.3. The van der Waals surface area contributed by atoms with Gasteiger partial charge in [-0.05, 0) is 57.3 Å². The van der Waals surface area contributed by atoms with Crippen LogP contribution in [0.3, 0.4) is 0 Å². The maximum Gasteiger partial charge on any atom is 0.222 e. The summed E-state index contributed by atoms with van der Waals surface area (Å²) >= 11 is 0. The Morgan fingerprint density at radius 1 is 0.808 bits per heavy atom. The molecule has 1 atom stereocenters. The van der Waals surface area contributed by atoms with E-state index in [1.807, 2.05) is 4.90 Å². The molecule has 1 unspecified atom stereocenters. The number of rotatable bonds is 5. The van der Waals surface area contributed by atoms with Gasteiger partial charge in [-0.3, -0.25) is 9.59 Å². The maximum atomic E-state index is 12.5. The predicted octanol–water partition coefficient (Wildman–Crippen LogP) is 4.30. The van der Waals surface area contributed by atoms with Crippen LogP contribution in [0.4, 0.5) is 0 Å². The fourth-order valence-corrected chi connectivity index (χ4v) is 4.72. The zero-order valence-electron chi connectivity index (χ0n) is 16.4. The summed E-state index contributed by atoms with van der Waals surface area (Å²) in [5, 5.41) is 0. The van der Waals surface area contributed by atoms with Gasteiger partial charge in [0, 0.05) is 39.0 Å². The van der Waals surface area contributed by atoms with E-state index in [2.05, 4.69) is 11.0 Å². The third-order valence-corrected chi connectivity index (χ3v) is 6.40. The summed E-state index contributed by atoms with van der Waals surface area (Å²) in [6.45, 7) is 3.65. The van der Waals surface area contributed by atoms with Gasteiger partial charge in [0.15, 0.2) is 0 Å². The van der Waals surface area contributed by atoms with Crippen molar-refractivity contribution in [2.24, 2.45) is 5.92 Å². The number of hydrogen-bond donors (Lipinski definition) is 0. The van der Waals surface area contributed by atoms with Gasteiger partial charge in [-0.25, -0.2) is 0 Å². The van der Waals surface area contributed by atoms with Crippen LogP contribution in [0.25, 0.3) is 0 Å². The quantitative estimate of drug-likeness (QED) is 0.542. The average molecular weight is 361 g/mol. The number of carbonyl (C=O) groups excluding carboxylic acids is 2. The second-order valence-corrected chi connectivity index (χ2v) is 8.37. The number of unbranched alkanes of at least 4 members (excludes halogenated alkanes) is 1. The Hall–Kier alpha value is -1.32. The van der Waals surface area contributed by atoms with E-state index in [1.54, 1.807) is 0 Å². The van der Waals surface area contributed by atoms with Gasteiger partial charge in [0.25, 0.3) is 0 Å². The smallest absolute Gasteiger partial charge is 0.222 e. The van der Waals surface area contributed by atoms with Crippen molar-refractivity contribution < 1.29 is 9.59 Å². The predicted molar refractivity (Wildman–Crippen MR) is 105 cm³/mol. The molecule has 2 heterocycles. The lowest BCUT2D eigenvalue weighted by Crippen LogP contribution is -2.40. The molecule has 2 amide bonds. The zero-order valence-corrected chi connectivity index (χ0v) is 16.4. The Morgan fingerprint density at radius 3 is 2.19 bits per heavy atom. The van der Waals surface area contributed by atoms with Crippen molar-refractivity contribution in [3.8, 4) is 0 Å². The van der Waals surface area contributed by atoms with Gasteiger partial charge < -0.3 is 9.80 Å². The fourth-order valence-electron chi connectivity index (χ4n) is 4.72. The van der Waals surface area contributed by atoms with Crippen LogP contribution in [0.1, 0.15) is 83.5 Å². The SMILES string of the molecule is O=C(CCCCC(=O)N1CCC2CCCC=C2C1)N1CCCCCCC1. The van der Waals surface area contributed by atoms with Gasteiger partial charge in [-0.1, -0.05) is 30.9 Å². The molecule has 0 aromatic rings. The molecule has 26 heavy (non-hydrogen) atoms. The highest BCUT2D eigenvalue weighted by Crippen LogP contribution is 2.32. The molecule has 1 aliphatic carbocycles. The van der Waals surface area contributed by atoms with E-state index in [0.29, 0.717) is 18.7 Å². The summed E-state index contributed by atoms with van der Waals surface area (Å²) in [5.41, 5.74) is 1.50. The molecule has 0 saturated carbocycles.